The van der Waals surface area contributed by atoms with Crippen LogP contribution in [0.3, 0.4) is 0 Å². The molecular weight excluding hydrogens is 136 g/mol. The van der Waals surface area contributed by atoms with Crippen LogP contribution < -0.4 is 10.6 Å². The van der Waals surface area contributed by atoms with Crippen LogP contribution in [-0.4, -0.2) is 25.7 Å². The fourth-order valence-corrected chi connectivity index (χ4v) is 1.86. The monoisotopic (exact) mass is 156 g/mol. The van der Waals surface area contributed by atoms with E-state index in [1.807, 2.05) is 7.05 Å². The number of likely N-dealkylation sites (N-methyl/N-ethyl adjacent to an activating group) is 1. The first-order valence-corrected chi connectivity index (χ1v) is 4.73. The van der Waals surface area contributed by atoms with Gasteiger partial charge in [0.15, 0.2) is 0 Å². The largest absolute Gasteiger partial charge is 0.318 e. The summed E-state index contributed by atoms with van der Waals surface area (Å²) in [6.45, 7) is 3.32. The predicted molar refractivity (Wildman–Crippen MR) is 48.8 cm³/mol. The molecular formula is C9H20N2. The maximum absolute atomic E-state index is 3.62. The molecule has 1 unspecified atom stereocenters. The molecule has 0 radical (unpaired) electrons. The molecule has 1 saturated carbocycles. The molecule has 1 atom stereocenters. The van der Waals surface area contributed by atoms with Gasteiger partial charge in [-0.2, -0.15) is 0 Å². The molecule has 2 heteroatoms. The second-order valence-corrected chi connectivity index (χ2v) is 3.61. The van der Waals surface area contributed by atoms with Crippen molar-refractivity contribution in [2.24, 2.45) is 0 Å². The van der Waals surface area contributed by atoms with E-state index in [0.29, 0.717) is 6.04 Å². The van der Waals surface area contributed by atoms with E-state index in [-0.39, 0.29) is 0 Å². The zero-order valence-electron chi connectivity index (χ0n) is 7.69. The van der Waals surface area contributed by atoms with Crippen molar-refractivity contribution in [3.05, 3.63) is 0 Å². The molecule has 11 heavy (non-hydrogen) atoms. The Morgan fingerprint density at radius 3 is 2.55 bits per heavy atom. The van der Waals surface area contributed by atoms with Crippen LogP contribution in [0.1, 0.15) is 32.6 Å². The summed E-state index contributed by atoms with van der Waals surface area (Å²) >= 11 is 0. The van der Waals surface area contributed by atoms with Crippen LogP contribution in [0.15, 0.2) is 0 Å². The summed E-state index contributed by atoms with van der Waals surface area (Å²) in [4.78, 5) is 0. The maximum atomic E-state index is 3.62. The lowest BCUT2D eigenvalue weighted by Gasteiger charge is -2.18. The van der Waals surface area contributed by atoms with Crippen molar-refractivity contribution in [3.63, 3.8) is 0 Å². The van der Waals surface area contributed by atoms with Gasteiger partial charge in [0.2, 0.25) is 0 Å². The van der Waals surface area contributed by atoms with Crippen molar-refractivity contribution in [3.8, 4) is 0 Å². The van der Waals surface area contributed by atoms with Crippen molar-refractivity contribution in [2.75, 3.05) is 13.6 Å². The van der Waals surface area contributed by atoms with Crippen molar-refractivity contribution >= 4 is 0 Å². The van der Waals surface area contributed by atoms with Gasteiger partial charge < -0.3 is 10.6 Å². The first-order chi connectivity index (χ1) is 5.33. The molecule has 2 N–H and O–H groups in total. The highest BCUT2D eigenvalue weighted by molar-refractivity contribution is 4.77. The molecule has 0 bridgehead atoms. The lowest BCUT2D eigenvalue weighted by molar-refractivity contribution is 0.439. The third-order valence-electron chi connectivity index (χ3n) is 2.39. The highest BCUT2D eigenvalue weighted by atomic mass is 15.0. The zero-order valence-corrected chi connectivity index (χ0v) is 7.69. The van der Waals surface area contributed by atoms with Gasteiger partial charge in [-0.05, 0) is 26.8 Å². The number of rotatable bonds is 4. The Morgan fingerprint density at radius 1 is 1.36 bits per heavy atom. The average molecular weight is 156 g/mol. The molecule has 0 aromatic heterocycles. The Bertz CT molecular complexity index is 97.7. The molecule has 2 nitrogen and oxygen atoms in total. The summed E-state index contributed by atoms with van der Waals surface area (Å²) in [5.41, 5.74) is 0. The Morgan fingerprint density at radius 2 is 2.00 bits per heavy atom. The summed E-state index contributed by atoms with van der Waals surface area (Å²) in [6, 6.07) is 1.43. The zero-order chi connectivity index (χ0) is 8.10. The van der Waals surface area contributed by atoms with Crippen LogP contribution in [0.2, 0.25) is 0 Å². The van der Waals surface area contributed by atoms with E-state index in [0.717, 1.165) is 12.6 Å². The van der Waals surface area contributed by atoms with E-state index in [2.05, 4.69) is 17.6 Å². The summed E-state index contributed by atoms with van der Waals surface area (Å²) < 4.78 is 0. The maximum Gasteiger partial charge on any atom is 0.0166 e. The van der Waals surface area contributed by atoms with Gasteiger partial charge in [0.1, 0.15) is 0 Å². The Labute approximate surface area is 69.8 Å². The first-order valence-electron chi connectivity index (χ1n) is 4.73. The minimum absolute atomic E-state index is 0.628. The highest BCUT2D eigenvalue weighted by Gasteiger charge is 2.15. The van der Waals surface area contributed by atoms with Gasteiger partial charge in [0.25, 0.3) is 0 Å². The molecule has 0 amide bonds. The van der Waals surface area contributed by atoms with Crippen LogP contribution in [0.4, 0.5) is 0 Å². The van der Waals surface area contributed by atoms with Crippen molar-refractivity contribution < 1.29 is 0 Å². The minimum Gasteiger partial charge on any atom is -0.318 e. The Kier molecular flexibility index (Phi) is 3.87. The van der Waals surface area contributed by atoms with Crippen molar-refractivity contribution in [2.45, 2.75) is 44.7 Å². The summed E-state index contributed by atoms with van der Waals surface area (Å²) in [5.74, 6) is 0. The summed E-state index contributed by atoms with van der Waals surface area (Å²) in [7, 11) is 2.01. The van der Waals surface area contributed by atoms with Gasteiger partial charge in [0, 0.05) is 18.6 Å². The molecule has 1 aliphatic carbocycles. The number of hydrogen-bond donors (Lipinski definition) is 2. The molecule has 0 aliphatic heterocycles. The lowest BCUT2D eigenvalue weighted by atomic mass is 10.2. The van der Waals surface area contributed by atoms with E-state index in [1.165, 1.54) is 25.7 Å². The number of nitrogens with one attached hydrogen (secondary N) is 2. The molecule has 1 fully saturated rings. The van der Waals surface area contributed by atoms with Crippen LogP contribution in [-0.2, 0) is 0 Å². The van der Waals surface area contributed by atoms with Crippen molar-refractivity contribution in [1.29, 1.82) is 0 Å². The Hall–Kier alpha value is -0.0800. The first kappa shape index (κ1) is 9.01. The SMILES string of the molecule is CNCC(C)NC1CCCC1. The second-order valence-electron chi connectivity index (χ2n) is 3.61. The van der Waals surface area contributed by atoms with Gasteiger partial charge in [-0.3, -0.25) is 0 Å². The van der Waals surface area contributed by atoms with E-state index < -0.39 is 0 Å². The smallest absolute Gasteiger partial charge is 0.0166 e. The number of hydrogen-bond acceptors (Lipinski definition) is 2. The van der Waals surface area contributed by atoms with E-state index in [1.54, 1.807) is 0 Å². The molecule has 0 spiro atoms. The van der Waals surface area contributed by atoms with Crippen LogP contribution in [0.5, 0.6) is 0 Å². The van der Waals surface area contributed by atoms with Crippen LogP contribution in [0.25, 0.3) is 0 Å². The third kappa shape index (κ3) is 3.21. The van der Waals surface area contributed by atoms with Gasteiger partial charge in [-0.1, -0.05) is 12.8 Å². The van der Waals surface area contributed by atoms with E-state index in [4.69, 9.17) is 0 Å². The molecule has 0 aromatic rings. The normalized spacial score (nSPS) is 22.4. The second kappa shape index (κ2) is 4.73. The van der Waals surface area contributed by atoms with Gasteiger partial charge in [-0.25, -0.2) is 0 Å². The molecule has 0 heterocycles. The molecule has 0 aromatic carbocycles. The topological polar surface area (TPSA) is 24.1 Å². The standard InChI is InChI=1S/C9H20N2/c1-8(7-10-2)11-9-5-3-4-6-9/h8-11H,3-7H2,1-2H3. The molecule has 1 rings (SSSR count). The minimum atomic E-state index is 0.628. The summed E-state index contributed by atoms with van der Waals surface area (Å²) in [6.07, 6.45) is 5.61. The quantitative estimate of drug-likeness (QED) is 0.637. The molecule has 1 aliphatic rings. The Balaban J connectivity index is 2.08. The molecule has 0 saturated heterocycles. The fraction of sp³-hybridized carbons (Fsp3) is 1.00. The predicted octanol–water partition coefficient (Wildman–Crippen LogP) is 1.13. The highest BCUT2D eigenvalue weighted by Crippen LogP contribution is 2.17. The summed E-state index contributed by atoms with van der Waals surface area (Å²) in [5, 5.41) is 6.80. The van der Waals surface area contributed by atoms with Crippen molar-refractivity contribution in [1.82, 2.24) is 10.6 Å². The van der Waals surface area contributed by atoms with Gasteiger partial charge >= 0.3 is 0 Å². The van der Waals surface area contributed by atoms with Crippen LogP contribution >= 0.6 is 0 Å². The average Bonchev–Trinajstić information content (AvgIpc) is 2.40. The van der Waals surface area contributed by atoms with Gasteiger partial charge in [0.05, 0.1) is 0 Å². The third-order valence-corrected chi connectivity index (χ3v) is 2.39. The van der Waals surface area contributed by atoms with E-state index in [9.17, 15) is 0 Å². The van der Waals surface area contributed by atoms with Crippen LogP contribution in [0, 0.1) is 0 Å². The van der Waals surface area contributed by atoms with E-state index >= 15 is 0 Å². The van der Waals surface area contributed by atoms with Gasteiger partial charge in [-0.15, -0.1) is 0 Å². The lowest BCUT2D eigenvalue weighted by Crippen LogP contribution is -2.40. The fourth-order valence-electron chi connectivity index (χ4n) is 1.86. The molecule has 66 valence electrons.